The lowest BCUT2D eigenvalue weighted by atomic mass is 10.3. The van der Waals surface area contributed by atoms with E-state index in [1.54, 1.807) is 17.5 Å². The minimum absolute atomic E-state index is 0.509. The molecule has 0 bridgehead atoms. The summed E-state index contributed by atoms with van der Waals surface area (Å²) in [5.41, 5.74) is 3.04. The Kier molecular flexibility index (Phi) is 3.64. The van der Waals surface area contributed by atoms with Gasteiger partial charge in [0.25, 0.3) is 0 Å². The standard InChI is InChI=1S/C12H14ClN3S/c1-7-4-10(12(13)15-5-7)14-6-11-8(2)16-9(3)17-11/h4-5,14H,6H2,1-3H3. The number of hydrogen-bond donors (Lipinski definition) is 1. The second kappa shape index (κ2) is 5.02. The fraction of sp³-hybridized carbons (Fsp3) is 0.333. The van der Waals surface area contributed by atoms with E-state index in [9.17, 15) is 0 Å². The first kappa shape index (κ1) is 12.3. The third-order valence-electron chi connectivity index (χ3n) is 2.41. The van der Waals surface area contributed by atoms with Gasteiger partial charge in [-0.3, -0.25) is 0 Å². The van der Waals surface area contributed by atoms with Crippen LogP contribution in [0.1, 0.15) is 21.1 Å². The quantitative estimate of drug-likeness (QED) is 0.861. The predicted octanol–water partition coefficient (Wildman–Crippen LogP) is 3.73. The molecule has 0 aliphatic heterocycles. The molecular formula is C12H14ClN3S. The molecule has 0 saturated heterocycles. The van der Waals surface area contributed by atoms with Crippen molar-refractivity contribution in [3.8, 4) is 0 Å². The normalized spacial score (nSPS) is 10.6. The molecule has 0 atom stereocenters. The largest absolute Gasteiger partial charge is 0.378 e. The predicted molar refractivity (Wildman–Crippen MR) is 72.9 cm³/mol. The van der Waals surface area contributed by atoms with Gasteiger partial charge in [0.15, 0.2) is 5.15 Å². The topological polar surface area (TPSA) is 37.8 Å². The summed E-state index contributed by atoms with van der Waals surface area (Å²) < 4.78 is 0. The van der Waals surface area contributed by atoms with Crippen LogP contribution in [0.2, 0.25) is 5.15 Å². The van der Waals surface area contributed by atoms with Gasteiger partial charge in [-0.15, -0.1) is 11.3 Å². The van der Waals surface area contributed by atoms with Gasteiger partial charge in [0.05, 0.1) is 22.9 Å². The molecule has 5 heteroatoms. The van der Waals surface area contributed by atoms with Crippen molar-refractivity contribution in [2.45, 2.75) is 27.3 Å². The maximum atomic E-state index is 6.02. The zero-order valence-corrected chi connectivity index (χ0v) is 11.6. The third kappa shape index (κ3) is 2.96. The Bertz CT molecular complexity index is 537. The minimum atomic E-state index is 0.509. The number of rotatable bonds is 3. The Morgan fingerprint density at radius 2 is 2.12 bits per heavy atom. The van der Waals surface area contributed by atoms with E-state index >= 15 is 0 Å². The van der Waals surface area contributed by atoms with Gasteiger partial charge >= 0.3 is 0 Å². The van der Waals surface area contributed by atoms with Crippen LogP contribution in [0.5, 0.6) is 0 Å². The number of thiazole rings is 1. The number of anilines is 1. The van der Waals surface area contributed by atoms with Crippen molar-refractivity contribution in [3.05, 3.63) is 38.6 Å². The van der Waals surface area contributed by atoms with Gasteiger partial charge in [0.2, 0.25) is 0 Å². The minimum Gasteiger partial charge on any atom is -0.378 e. The van der Waals surface area contributed by atoms with Gasteiger partial charge in [0.1, 0.15) is 0 Å². The second-order valence-corrected chi connectivity index (χ2v) is 5.59. The highest BCUT2D eigenvalue weighted by Gasteiger charge is 2.06. The number of pyridine rings is 1. The van der Waals surface area contributed by atoms with Crippen LogP contribution < -0.4 is 5.32 Å². The van der Waals surface area contributed by atoms with Gasteiger partial charge in [-0.2, -0.15) is 0 Å². The van der Waals surface area contributed by atoms with Gasteiger partial charge in [-0.05, 0) is 32.4 Å². The maximum Gasteiger partial charge on any atom is 0.152 e. The monoisotopic (exact) mass is 267 g/mol. The smallest absolute Gasteiger partial charge is 0.152 e. The highest BCUT2D eigenvalue weighted by atomic mass is 35.5. The van der Waals surface area contributed by atoms with E-state index in [0.717, 1.165) is 28.5 Å². The molecule has 0 unspecified atom stereocenters. The average molecular weight is 268 g/mol. The molecule has 0 amide bonds. The van der Waals surface area contributed by atoms with Crippen LogP contribution in [0, 0.1) is 20.8 Å². The summed E-state index contributed by atoms with van der Waals surface area (Å²) >= 11 is 7.73. The van der Waals surface area contributed by atoms with Crippen molar-refractivity contribution < 1.29 is 0 Å². The van der Waals surface area contributed by atoms with Crippen LogP contribution >= 0.6 is 22.9 Å². The number of halogens is 1. The number of aryl methyl sites for hydroxylation is 3. The zero-order valence-electron chi connectivity index (χ0n) is 10.0. The van der Waals surface area contributed by atoms with E-state index in [1.807, 2.05) is 26.8 Å². The summed E-state index contributed by atoms with van der Waals surface area (Å²) in [6, 6.07) is 2.00. The van der Waals surface area contributed by atoms with Crippen molar-refractivity contribution in [1.29, 1.82) is 0 Å². The lowest BCUT2D eigenvalue weighted by Crippen LogP contribution is -2.00. The fourth-order valence-electron chi connectivity index (χ4n) is 1.59. The van der Waals surface area contributed by atoms with Crippen molar-refractivity contribution >= 4 is 28.6 Å². The van der Waals surface area contributed by atoms with Gasteiger partial charge in [-0.1, -0.05) is 11.6 Å². The molecule has 3 nitrogen and oxygen atoms in total. The van der Waals surface area contributed by atoms with E-state index < -0.39 is 0 Å². The van der Waals surface area contributed by atoms with Crippen LogP contribution in [-0.2, 0) is 6.54 Å². The van der Waals surface area contributed by atoms with Crippen molar-refractivity contribution in [2.75, 3.05) is 5.32 Å². The molecule has 2 heterocycles. The van der Waals surface area contributed by atoms with Crippen LogP contribution in [0.25, 0.3) is 0 Å². The van der Waals surface area contributed by atoms with E-state index in [1.165, 1.54) is 4.88 Å². The van der Waals surface area contributed by atoms with Crippen molar-refractivity contribution in [3.63, 3.8) is 0 Å². The molecule has 2 aromatic rings. The van der Waals surface area contributed by atoms with Crippen LogP contribution in [0.3, 0.4) is 0 Å². The molecule has 1 N–H and O–H groups in total. The number of hydrogen-bond acceptors (Lipinski definition) is 4. The lowest BCUT2D eigenvalue weighted by Gasteiger charge is -2.07. The first-order chi connectivity index (χ1) is 8.06. The van der Waals surface area contributed by atoms with Gasteiger partial charge < -0.3 is 5.32 Å². The highest BCUT2D eigenvalue weighted by molar-refractivity contribution is 7.11. The summed E-state index contributed by atoms with van der Waals surface area (Å²) in [4.78, 5) is 9.74. The zero-order chi connectivity index (χ0) is 12.4. The molecule has 90 valence electrons. The Balaban J connectivity index is 2.12. The first-order valence-corrected chi connectivity index (χ1v) is 6.54. The first-order valence-electron chi connectivity index (χ1n) is 5.35. The fourth-order valence-corrected chi connectivity index (χ4v) is 2.64. The molecule has 0 aliphatic carbocycles. The molecule has 0 saturated carbocycles. The molecule has 0 fully saturated rings. The third-order valence-corrected chi connectivity index (χ3v) is 3.79. The van der Waals surface area contributed by atoms with Crippen LogP contribution in [0.4, 0.5) is 5.69 Å². The van der Waals surface area contributed by atoms with Crippen molar-refractivity contribution in [1.82, 2.24) is 9.97 Å². The molecule has 0 aromatic carbocycles. The van der Waals surface area contributed by atoms with Gasteiger partial charge in [-0.25, -0.2) is 9.97 Å². The average Bonchev–Trinajstić information content (AvgIpc) is 2.59. The highest BCUT2D eigenvalue weighted by Crippen LogP contribution is 2.23. The molecular weight excluding hydrogens is 254 g/mol. The number of nitrogens with zero attached hydrogens (tertiary/aromatic N) is 2. The second-order valence-electron chi connectivity index (χ2n) is 3.95. The molecule has 2 rings (SSSR count). The molecule has 0 spiro atoms. The van der Waals surface area contributed by atoms with E-state index in [-0.39, 0.29) is 0 Å². The molecule has 2 aromatic heterocycles. The Hall–Kier alpha value is -1.13. The summed E-state index contributed by atoms with van der Waals surface area (Å²) in [6.07, 6.45) is 1.76. The summed E-state index contributed by atoms with van der Waals surface area (Å²) in [5.74, 6) is 0. The van der Waals surface area contributed by atoms with Crippen molar-refractivity contribution in [2.24, 2.45) is 0 Å². The van der Waals surface area contributed by atoms with E-state index in [4.69, 9.17) is 11.6 Å². The Morgan fingerprint density at radius 1 is 1.35 bits per heavy atom. The number of nitrogens with one attached hydrogen (secondary N) is 1. The Labute approximate surface area is 110 Å². The summed E-state index contributed by atoms with van der Waals surface area (Å²) in [7, 11) is 0. The van der Waals surface area contributed by atoms with E-state index in [2.05, 4.69) is 15.3 Å². The molecule has 0 aliphatic rings. The summed E-state index contributed by atoms with van der Waals surface area (Å²) in [5, 5.41) is 4.90. The summed E-state index contributed by atoms with van der Waals surface area (Å²) in [6.45, 7) is 6.78. The SMILES string of the molecule is Cc1cnc(Cl)c(NCc2sc(C)nc2C)c1. The molecule has 17 heavy (non-hydrogen) atoms. The van der Waals surface area contributed by atoms with Crippen LogP contribution in [-0.4, -0.2) is 9.97 Å². The number of aromatic nitrogens is 2. The lowest BCUT2D eigenvalue weighted by molar-refractivity contribution is 1.10. The maximum absolute atomic E-state index is 6.02. The molecule has 0 radical (unpaired) electrons. The van der Waals surface area contributed by atoms with Gasteiger partial charge in [0, 0.05) is 11.1 Å². The van der Waals surface area contributed by atoms with E-state index in [0.29, 0.717) is 5.15 Å². The van der Waals surface area contributed by atoms with Crippen LogP contribution in [0.15, 0.2) is 12.3 Å². The Morgan fingerprint density at radius 3 is 2.76 bits per heavy atom.